The first kappa shape index (κ1) is 16.0. The third kappa shape index (κ3) is 3.54. The Bertz CT molecular complexity index is 887. The molecule has 0 saturated heterocycles. The summed E-state index contributed by atoms with van der Waals surface area (Å²) in [5, 5.41) is 7.77. The number of hydrogen-bond acceptors (Lipinski definition) is 5. The summed E-state index contributed by atoms with van der Waals surface area (Å²) >= 11 is 1.65. The van der Waals surface area contributed by atoms with Gasteiger partial charge in [-0.1, -0.05) is 18.2 Å². The first-order valence-corrected chi connectivity index (χ1v) is 8.24. The highest BCUT2D eigenvalue weighted by atomic mass is 32.2. The van der Waals surface area contributed by atoms with Crippen LogP contribution in [-0.2, 0) is 6.54 Å². The van der Waals surface area contributed by atoms with Crippen LogP contribution in [0.15, 0.2) is 64.3 Å². The Morgan fingerprint density at radius 1 is 1.04 bits per heavy atom. The zero-order valence-corrected chi connectivity index (χ0v) is 13.5. The van der Waals surface area contributed by atoms with Crippen LogP contribution in [0.3, 0.4) is 0 Å². The van der Waals surface area contributed by atoms with Gasteiger partial charge in [-0.15, -0.1) is 11.8 Å². The number of benzene rings is 2. The lowest BCUT2D eigenvalue weighted by Crippen LogP contribution is -2.25. The molecule has 0 atom stereocenters. The molecule has 0 spiro atoms. The second-order valence-electron chi connectivity index (χ2n) is 4.97. The zero-order valence-electron chi connectivity index (χ0n) is 12.7. The third-order valence-electron chi connectivity index (χ3n) is 3.35. The molecule has 1 amide bonds. The van der Waals surface area contributed by atoms with E-state index in [2.05, 4.69) is 10.4 Å². The number of tetrazole rings is 1. The van der Waals surface area contributed by atoms with Gasteiger partial charge in [0.1, 0.15) is 0 Å². The van der Waals surface area contributed by atoms with Crippen molar-refractivity contribution in [2.75, 3.05) is 5.75 Å². The fraction of sp³-hybridized carbons (Fsp3) is 0.125. The quantitative estimate of drug-likeness (QED) is 0.682. The average Bonchev–Trinajstić information content (AvgIpc) is 2.97. The van der Waals surface area contributed by atoms with E-state index in [1.165, 1.54) is 9.36 Å². The van der Waals surface area contributed by atoms with E-state index in [0.29, 0.717) is 23.5 Å². The minimum absolute atomic E-state index is 0.324. The molecule has 0 aliphatic rings. The SMILES string of the molecule is NC(=O)c1ccc(-n2nnn(CCSc3ccccc3)c2=O)cc1. The molecule has 0 unspecified atom stereocenters. The highest BCUT2D eigenvalue weighted by molar-refractivity contribution is 7.99. The Morgan fingerprint density at radius 2 is 1.75 bits per heavy atom. The number of hydrogen-bond donors (Lipinski definition) is 1. The molecule has 1 heterocycles. The van der Waals surface area contributed by atoms with Gasteiger partial charge in [0, 0.05) is 16.2 Å². The average molecular weight is 341 g/mol. The lowest BCUT2D eigenvalue weighted by molar-refractivity contribution is 0.100. The number of aromatic nitrogens is 4. The van der Waals surface area contributed by atoms with Gasteiger partial charge in [0.25, 0.3) is 0 Å². The van der Waals surface area contributed by atoms with Gasteiger partial charge in [-0.05, 0) is 46.8 Å². The van der Waals surface area contributed by atoms with Crippen molar-refractivity contribution in [3.05, 3.63) is 70.6 Å². The number of primary amides is 1. The smallest absolute Gasteiger partial charge is 0.366 e. The summed E-state index contributed by atoms with van der Waals surface area (Å²) in [6.45, 7) is 0.456. The lowest BCUT2D eigenvalue weighted by Gasteiger charge is -2.01. The number of aryl methyl sites for hydroxylation is 1. The van der Waals surface area contributed by atoms with E-state index in [9.17, 15) is 9.59 Å². The van der Waals surface area contributed by atoms with E-state index in [0.717, 1.165) is 4.90 Å². The van der Waals surface area contributed by atoms with E-state index in [1.807, 2.05) is 30.3 Å². The van der Waals surface area contributed by atoms with Gasteiger partial charge in [-0.3, -0.25) is 4.79 Å². The number of nitrogens with two attached hydrogens (primary N) is 1. The monoisotopic (exact) mass is 341 g/mol. The van der Waals surface area contributed by atoms with Crippen LogP contribution in [0.2, 0.25) is 0 Å². The number of carbonyl (C=O) groups excluding carboxylic acids is 1. The molecule has 2 aromatic carbocycles. The standard InChI is InChI=1S/C16H15N5O2S/c17-15(22)12-6-8-13(9-7-12)21-16(23)20(18-19-21)10-11-24-14-4-2-1-3-5-14/h1-9H,10-11H2,(H2,17,22). The Hall–Kier alpha value is -2.87. The van der Waals surface area contributed by atoms with Gasteiger partial charge in [-0.2, -0.15) is 9.36 Å². The number of amides is 1. The summed E-state index contributed by atoms with van der Waals surface area (Å²) in [4.78, 5) is 24.5. The number of rotatable bonds is 6. The van der Waals surface area contributed by atoms with E-state index in [4.69, 9.17) is 5.73 Å². The van der Waals surface area contributed by atoms with Gasteiger partial charge in [0.05, 0.1) is 12.2 Å². The van der Waals surface area contributed by atoms with Crippen molar-refractivity contribution in [1.29, 1.82) is 0 Å². The molecule has 2 N–H and O–H groups in total. The molecule has 0 aliphatic heterocycles. The maximum Gasteiger partial charge on any atom is 0.368 e. The maximum atomic E-state index is 12.3. The molecule has 1 aromatic heterocycles. The molecule has 122 valence electrons. The topological polar surface area (TPSA) is 95.8 Å². The fourth-order valence-electron chi connectivity index (χ4n) is 2.11. The van der Waals surface area contributed by atoms with Crippen molar-refractivity contribution < 1.29 is 4.79 Å². The first-order chi connectivity index (χ1) is 11.6. The Morgan fingerprint density at radius 3 is 2.42 bits per heavy atom. The van der Waals surface area contributed by atoms with Crippen LogP contribution in [0, 0.1) is 0 Å². The van der Waals surface area contributed by atoms with Crippen LogP contribution in [0.1, 0.15) is 10.4 Å². The molecule has 0 aliphatic carbocycles. The fourth-order valence-corrected chi connectivity index (χ4v) is 2.96. The molecule has 3 rings (SSSR count). The van der Waals surface area contributed by atoms with Crippen molar-refractivity contribution in [2.24, 2.45) is 5.73 Å². The summed E-state index contributed by atoms with van der Waals surface area (Å²) < 4.78 is 2.51. The number of nitrogens with zero attached hydrogens (tertiary/aromatic N) is 4. The number of carbonyl (C=O) groups is 1. The summed E-state index contributed by atoms with van der Waals surface area (Å²) in [7, 11) is 0. The van der Waals surface area contributed by atoms with E-state index in [1.54, 1.807) is 36.0 Å². The predicted molar refractivity (Wildman–Crippen MR) is 91.3 cm³/mol. The van der Waals surface area contributed by atoms with Crippen LogP contribution in [-0.4, -0.2) is 31.5 Å². The van der Waals surface area contributed by atoms with Crippen LogP contribution in [0.25, 0.3) is 5.69 Å². The molecule has 7 nitrogen and oxygen atoms in total. The predicted octanol–water partition coefficient (Wildman–Crippen LogP) is 1.32. The molecule has 3 aromatic rings. The van der Waals surface area contributed by atoms with Gasteiger partial charge in [0.2, 0.25) is 5.91 Å². The van der Waals surface area contributed by atoms with Crippen molar-refractivity contribution >= 4 is 17.7 Å². The minimum atomic E-state index is -0.518. The minimum Gasteiger partial charge on any atom is -0.366 e. The van der Waals surface area contributed by atoms with Gasteiger partial charge >= 0.3 is 5.69 Å². The van der Waals surface area contributed by atoms with Crippen LogP contribution in [0.5, 0.6) is 0 Å². The Labute approximate surface area is 142 Å². The van der Waals surface area contributed by atoms with Gasteiger partial charge in [-0.25, -0.2) is 4.79 Å². The van der Waals surface area contributed by atoms with Crippen molar-refractivity contribution in [2.45, 2.75) is 11.4 Å². The van der Waals surface area contributed by atoms with Crippen LogP contribution < -0.4 is 11.4 Å². The van der Waals surface area contributed by atoms with Crippen molar-refractivity contribution in [1.82, 2.24) is 19.8 Å². The summed E-state index contributed by atoms with van der Waals surface area (Å²) in [6, 6.07) is 16.3. The third-order valence-corrected chi connectivity index (χ3v) is 4.34. The van der Waals surface area contributed by atoms with Crippen LogP contribution >= 0.6 is 11.8 Å². The van der Waals surface area contributed by atoms with Gasteiger partial charge < -0.3 is 5.73 Å². The van der Waals surface area contributed by atoms with Crippen LogP contribution in [0.4, 0.5) is 0 Å². The van der Waals surface area contributed by atoms with Gasteiger partial charge in [0.15, 0.2) is 0 Å². The zero-order chi connectivity index (χ0) is 16.9. The molecule has 8 heteroatoms. The first-order valence-electron chi connectivity index (χ1n) is 7.26. The summed E-state index contributed by atoms with van der Waals surface area (Å²) in [5.74, 6) is 0.193. The molecule has 24 heavy (non-hydrogen) atoms. The molecule has 0 radical (unpaired) electrons. The summed E-state index contributed by atoms with van der Waals surface area (Å²) in [6.07, 6.45) is 0. The largest absolute Gasteiger partial charge is 0.368 e. The highest BCUT2D eigenvalue weighted by Crippen LogP contribution is 2.16. The Kier molecular flexibility index (Phi) is 4.76. The molecule has 0 bridgehead atoms. The second-order valence-corrected chi connectivity index (χ2v) is 6.14. The normalized spacial score (nSPS) is 10.7. The number of thioether (sulfide) groups is 1. The maximum absolute atomic E-state index is 12.3. The van der Waals surface area contributed by atoms with Crippen molar-refractivity contribution in [3.63, 3.8) is 0 Å². The van der Waals surface area contributed by atoms with Crippen molar-refractivity contribution in [3.8, 4) is 5.69 Å². The van der Waals surface area contributed by atoms with E-state index in [-0.39, 0.29) is 5.69 Å². The lowest BCUT2D eigenvalue weighted by atomic mass is 10.2. The summed E-state index contributed by atoms with van der Waals surface area (Å²) in [5.41, 5.74) is 5.78. The Balaban J connectivity index is 1.69. The second kappa shape index (κ2) is 7.14. The molecular formula is C16H15N5O2S. The van der Waals surface area contributed by atoms with E-state index >= 15 is 0 Å². The van der Waals surface area contributed by atoms with E-state index < -0.39 is 5.91 Å². The molecule has 0 saturated carbocycles. The molecular weight excluding hydrogens is 326 g/mol. The highest BCUT2D eigenvalue weighted by Gasteiger charge is 2.09. The molecule has 0 fully saturated rings.